The van der Waals surface area contributed by atoms with Crippen LogP contribution in [-0.4, -0.2) is 18.4 Å². The molecule has 1 aromatic rings. The van der Waals surface area contributed by atoms with Crippen molar-refractivity contribution in [3.05, 3.63) is 54.3 Å². The van der Waals surface area contributed by atoms with Crippen molar-refractivity contribution in [2.24, 2.45) is 0 Å². The summed E-state index contributed by atoms with van der Waals surface area (Å²) in [6.45, 7) is 3.69. The lowest BCUT2D eigenvalue weighted by Crippen LogP contribution is -2.23. The van der Waals surface area contributed by atoms with Crippen molar-refractivity contribution in [1.82, 2.24) is 5.32 Å². The Labute approximate surface area is 98.6 Å². The van der Waals surface area contributed by atoms with E-state index in [9.17, 15) is 9.59 Å². The molecule has 0 radical (unpaired) electrons. The van der Waals surface area contributed by atoms with E-state index in [2.05, 4.69) is 11.9 Å². The molecule has 0 aromatic heterocycles. The molecule has 17 heavy (non-hydrogen) atoms. The molecule has 1 aromatic carbocycles. The minimum atomic E-state index is -0.504. The Morgan fingerprint density at radius 2 is 1.88 bits per heavy atom. The molecule has 0 saturated carbocycles. The molecule has 1 N–H and O–H groups in total. The van der Waals surface area contributed by atoms with Crippen LogP contribution in [0.25, 0.3) is 5.57 Å². The first-order valence-electron chi connectivity index (χ1n) is 5.13. The van der Waals surface area contributed by atoms with Crippen LogP contribution < -0.4 is 5.32 Å². The van der Waals surface area contributed by atoms with E-state index in [0.717, 1.165) is 0 Å². The minimum Gasteiger partial charge on any atom is -0.483 e. The van der Waals surface area contributed by atoms with Crippen molar-refractivity contribution in [2.45, 2.75) is 0 Å². The van der Waals surface area contributed by atoms with E-state index < -0.39 is 11.8 Å². The van der Waals surface area contributed by atoms with Crippen molar-refractivity contribution in [1.29, 1.82) is 0 Å². The Morgan fingerprint density at radius 1 is 1.18 bits per heavy atom. The monoisotopic (exact) mass is 229 g/mol. The van der Waals surface area contributed by atoms with E-state index in [0.29, 0.717) is 5.56 Å². The van der Waals surface area contributed by atoms with E-state index in [1.807, 2.05) is 6.07 Å². The molecule has 2 rings (SSSR count). The summed E-state index contributed by atoms with van der Waals surface area (Å²) in [5, 5.41) is 2.21. The Kier molecular flexibility index (Phi) is 3.05. The van der Waals surface area contributed by atoms with Gasteiger partial charge in [0.2, 0.25) is 0 Å². The highest BCUT2D eigenvalue weighted by Crippen LogP contribution is 2.24. The molecule has 0 unspecified atom stereocenters. The number of hydrogen-bond acceptors (Lipinski definition) is 3. The number of amides is 2. The summed E-state index contributed by atoms with van der Waals surface area (Å²) in [7, 11) is 0. The van der Waals surface area contributed by atoms with Gasteiger partial charge in [0.05, 0.1) is 5.57 Å². The minimum absolute atomic E-state index is 0.0566. The van der Waals surface area contributed by atoms with Crippen molar-refractivity contribution in [3.8, 4) is 0 Å². The second kappa shape index (κ2) is 4.65. The van der Waals surface area contributed by atoms with Crippen molar-refractivity contribution in [3.63, 3.8) is 0 Å². The zero-order valence-electron chi connectivity index (χ0n) is 9.10. The lowest BCUT2D eigenvalue weighted by Gasteiger charge is -2.04. The SMILES string of the molecule is C=CCOC1=C(c2ccccc2)C(=O)NC1=O. The van der Waals surface area contributed by atoms with Crippen molar-refractivity contribution >= 4 is 17.4 Å². The molecule has 86 valence electrons. The molecule has 0 spiro atoms. The molecule has 1 aliphatic rings. The largest absolute Gasteiger partial charge is 0.483 e. The number of imide groups is 1. The van der Waals surface area contributed by atoms with Gasteiger partial charge in [-0.15, -0.1) is 0 Å². The summed E-state index contributed by atoms with van der Waals surface area (Å²) in [5.74, 6) is -0.878. The van der Waals surface area contributed by atoms with E-state index in [-0.39, 0.29) is 17.9 Å². The predicted molar refractivity (Wildman–Crippen MR) is 62.7 cm³/mol. The van der Waals surface area contributed by atoms with Gasteiger partial charge in [0.25, 0.3) is 11.8 Å². The lowest BCUT2D eigenvalue weighted by atomic mass is 10.1. The summed E-state index contributed by atoms with van der Waals surface area (Å²) in [6.07, 6.45) is 1.52. The molecule has 0 atom stereocenters. The van der Waals surface area contributed by atoms with Gasteiger partial charge in [-0.05, 0) is 5.56 Å². The molecular weight excluding hydrogens is 218 g/mol. The Balaban J connectivity index is 2.44. The Morgan fingerprint density at radius 3 is 2.53 bits per heavy atom. The van der Waals surface area contributed by atoms with Gasteiger partial charge in [-0.3, -0.25) is 14.9 Å². The van der Waals surface area contributed by atoms with Gasteiger partial charge in [-0.2, -0.15) is 0 Å². The standard InChI is InChI=1S/C13H11NO3/c1-2-8-17-11-10(12(15)14-13(11)16)9-6-4-3-5-7-9/h2-7H,1,8H2,(H,14,15,16). The van der Waals surface area contributed by atoms with Gasteiger partial charge in [-0.1, -0.05) is 43.0 Å². The fourth-order valence-corrected chi connectivity index (χ4v) is 1.59. The molecule has 1 aliphatic heterocycles. The van der Waals surface area contributed by atoms with E-state index in [1.165, 1.54) is 6.08 Å². The van der Waals surface area contributed by atoms with E-state index in [4.69, 9.17) is 4.74 Å². The number of carbonyl (C=O) groups is 2. The fourth-order valence-electron chi connectivity index (χ4n) is 1.59. The topological polar surface area (TPSA) is 55.4 Å². The summed E-state index contributed by atoms with van der Waals surface area (Å²) >= 11 is 0. The van der Waals surface area contributed by atoms with Crippen molar-refractivity contribution in [2.75, 3.05) is 6.61 Å². The molecule has 2 amide bonds. The number of ether oxygens (including phenoxy) is 1. The molecule has 1 heterocycles. The van der Waals surface area contributed by atoms with E-state index >= 15 is 0 Å². The normalized spacial score (nSPS) is 14.8. The number of hydrogen-bond donors (Lipinski definition) is 1. The molecule has 0 fully saturated rings. The summed E-state index contributed by atoms with van der Waals surface area (Å²) in [6, 6.07) is 8.94. The lowest BCUT2D eigenvalue weighted by molar-refractivity contribution is -0.125. The number of nitrogens with one attached hydrogen (secondary N) is 1. The van der Waals surface area contributed by atoms with Crippen LogP contribution >= 0.6 is 0 Å². The zero-order chi connectivity index (χ0) is 12.3. The smallest absolute Gasteiger partial charge is 0.294 e. The highest BCUT2D eigenvalue weighted by Gasteiger charge is 2.32. The van der Waals surface area contributed by atoms with Crippen LogP contribution in [0.3, 0.4) is 0 Å². The number of carbonyl (C=O) groups excluding carboxylic acids is 2. The highest BCUT2D eigenvalue weighted by molar-refractivity contribution is 6.35. The molecule has 4 heteroatoms. The highest BCUT2D eigenvalue weighted by atomic mass is 16.5. The third-order valence-electron chi connectivity index (χ3n) is 2.30. The number of rotatable bonds is 4. The maximum Gasteiger partial charge on any atom is 0.294 e. The van der Waals surface area contributed by atoms with Gasteiger partial charge >= 0.3 is 0 Å². The van der Waals surface area contributed by atoms with Crippen LogP contribution in [0.1, 0.15) is 5.56 Å². The first-order valence-corrected chi connectivity index (χ1v) is 5.13. The first-order chi connectivity index (χ1) is 8.24. The first kappa shape index (κ1) is 11.1. The number of benzene rings is 1. The van der Waals surface area contributed by atoms with Crippen LogP contribution in [0.4, 0.5) is 0 Å². The van der Waals surface area contributed by atoms with Crippen LogP contribution in [0, 0.1) is 0 Å². The van der Waals surface area contributed by atoms with Crippen LogP contribution in [0.15, 0.2) is 48.7 Å². The molecule has 0 aliphatic carbocycles. The molecule has 4 nitrogen and oxygen atoms in total. The van der Waals surface area contributed by atoms with Gasteiger partial charge in [0, 0.05) is 0 Å². The molecule has 0 bridgehead atoms. The molecular formula is C13H11NO3. The average Bonchev–Trinajstić information content (AvgIpc) is 2.62. The third kappa shape index (κ3) is 2.10. The molecule has 0 saturated heterocycles. The zero-order valence-corrected chi connectivity index (χ0v) is 9.10. The Bertz CT molecular complexity index is 503. The maximum absolute atomic E-state index is 11.7. The van der Waals surface area contributed by atoms with Crippen molar-refractivity contribution < 1.29 is 14.3 Å². The third-order valence-corrected chi connectivity index (χ3v) is 2.30. The summed E-state index contributed by atoms with van der Waals surface area (Å²) in [4.78, 5) is 23.2. The van der Waals surface area contributed by atoms with Gasteiger partial charge in [0.1, 0.15) is 6.61 Å². The Hall–Kier alpha value is -2.36. The predicted octanol–water partition coefficient (Wildman–Crippen LogP) is 1.26. The second-order valence-corrected chi connectivity index (χ2v) is 3.45. The van der Waals surface area contributed by atoms with Crippen LogP contribution in [-0.2, 0) is 14.3 Å². The maximum atomic E-state index is 11.7. The summed E-state index contributed by atoms with van der Waals surface area (Å²) in [5.41, 5.74) is 0.937. The van der Waals surface area contributed by atoms with Gasteiger partial charge in [-0.25, -0.2) is 0 Å². The fraction of sp³-hybridized carbons (Fsp3) is 0.0769. The van der Waals surface area contributed by atoms with Gasteiger partial charge in [0.15, 0.2) is 5.76 Å². The second-order valence-electron chi connectivity index (χ2n) is 3.45. The van der Waals surface area contributed by atoms with Gasteiger partial charge < -0.3 is 4.74 Å². The van der Waals surface area contributed by atoms with E-state index in [1.54, 1.807) is 24.3 Å². The van der Waals surface area contributed by atoms with Crippen LogP contribution in [0.5, 0.6) is 0 Å². The quantitative estimate of drug-likeness (QED) is 0.624. The summed E-state index contributed by atoms with van der Waals surface area (Å²) < 4.78 is 5.23. The average molecular weight is 229 g/mol. The van der Waals surface area contributed by atoms with Crippen LogP contribution in [0.2, 0.25) is 0 Å².